The molecule has 2 heterocycles. The number of hydrogen-bond donors (Lipinski definition) is 1. The topological polar surface area (TPSA) is 70.5 Å². The summed E-state index contributed by atoms with van der Waals surface area (Å²) in [6.45, 7) is 4.81. The molecule has 1 amide bonds. The smallest absolute Gasteiger partial charge is 0.308 e. The maximum atomic E-state index is 12.8. The van der Waals surface area contributed by atoms with E-state index in [1.807, 2.05) is 37.4 Å². The largest absolute Gasteiger partial charge is 0.481 e. The number of nitrogens with zero attached hydrogens (tertiary/aromatic N) is 2. The second-order valence-electron chi connectivity index (χ2n) is 6.46. The molecule has 1 saturated heterocycles. The summed E-state index contributed by atoms with van der Waals surface area (Å²) in [5.41, 5.74) is 2.46. The van der Waals surface area contributed by atoms with Crippen LogP contribution in [0, 0.1) is 18.8 Å². The summed E-state index contributed by atoms with van der Waals surface area (Å²) in [5.74, 6) is -1.23. The zero-order valence-corrected chi connectivity index (χ0v) is 14.5. The Morgan fingerprint density at radius 1 is 1.33 bits per heavy atom. The van der Waals surface area contributed by atoms with Gasteiger partial charge in [0.15, 0.2) is 0 Å². The number of aromatic nitrogens is 1. The standard InChI is InChI=1S/C18H20N2O3S/c1-11-6-15(18(22)23)9-20(8-11)17(21)14-5-3-4-13(7-14)16-19-12(2)10-24-16/h3-5,7,10-11,15H,6,8-9H2,1-2H3,(H,22,23). The van der Waals surface area contributed by atoms with Crippen LogP contribution in [0.2, 0.25) is 0 Å². The molecule has 1 aromatic carbocycles. The van der Waals surface area contributed by atoms with Crippen LogP contribution in [0.3, 0.4) is 0 Å². The third kappa shape index (κ3) is 3.48. The number of carbonyl (C=O) groups is 2. The molecule has 5 nitrogen and oxygen atoms in total. The van der Waals surface area contributed by atoms with Gasteiger partial charge in [-0.05, 0) is 31.4 Å². The molecule has 2 unspecified atom stereocenters. The first-order valence-electron chi connectivity index (χ1n) is 7.98. The van der Waals surface area contributed by atoms with E-state index in [9.17, 15) is 14.7 Å². The highest BCUT2D eigenvalue weighted by atomic mass is 32.1. The fourth-order valence-corrected chi connectivity index (χ4v) is 3.95. The fraction of sp³-hybridized carbons (Fsp3) is 0.389. The lowest BCUT2D eigenvalue weighted by Crippen LogP contribution is -2.45. The van der Waals surface area contributed by atoms with Crippen molar-refractivity contribution < 1.29 is 14.7 Å². The first kappa shape index (κ1) is 16.6. The highest BCUT2D eigenvalue weighted by Crippen LogP contribution is 2.27. The SMILES string of the molecule is Cc1csc(-c2cccc(C(=O)N3CC(C)CC(C(=O)O)C3)c2)n1. The molecule has 1 aliphatic heterocycles. The van der Waals surface area contributed by atoms with E-state index >= 15 is 0 Å². The molecule has 126 valence electrons. The molecule has 2 aromatic rings. The van der Waals surface area contributed by atoms with Gasteiger partial charge in [-0.3, -0.25) is 9.59 Å². The molecule has 1 N–H and O–H groups in total. The van der Waals surface area contributed by atoms with Crippen LogP contribution in [0.5, 0.6) is 0 Å². The van der Waals surface area contributed by atoms with E-state index in [4.69, 9.17) is 0 Å². The number of carboxylic acids is 1. The van der Waals surface area contributed by atoms with Crippen LogP contribution in [0.25, 0.3) is 10.6 Å². The van der Waals surface area contributed by atoms with E-state index in [-0.39, 0.29) is 18.4 Å². The third-order valence-electron chi connectivity index (χ3n) is 4.27. The summed E-state index contributed by atoms with van der Waals surface area (Å²) >= 11 is 1.55. The van der Waals surface area contributed by atoms with Crippen LogP contribution in [-0.2, 0) is 4.79 Å². The molecule has 3 rings (SSSR count). The predicted octanol–water partition coefficient (Wildman–Crippen LogP) is 3.30. The lowest BCUT2D eigenvalue weighted by molar-refractivity contribution is -0.143. The Kier molecular flexibility index (Phi) is 4.66. The first-order valence-corrected chi connectivity index (χ1v) is 8.86. The number of amides is 1. The van der Waals surface area contributed by atoms with Crippen molar-refractivity contribution in [3.8, 4) is 10.6 Å². The minimum Gasteiger partial charge on any atom is -0.481 e. The van der Waals surface area contributed by atoms with Crippen molar-refractivity contribution in [3.05, 3.63) is 40.9 Å². The summed E-state index contributed by atoms with van der Waals surface area (Å²) in [6.07, 6.45) is 0.623. The molecule has 0 aliphatic carbocycles. The molecule has 0 bridgehead atoms. The molecule has 0 saturated carbocycles. The molecule has 2 atom stereocenters. The van der Waals surface area contributed by atoms with Crippen LogP contribution in [0.15, 0.2) is 29.6 Å². The minimum absolute atomic E-state index is 0.108. The van der Waals surface area contributed by atoms with E-state index in [2.05, 4.69) is 4.98 Å². The first-order chi connectivity index (χ1) is 11.4. The highest BCUT2D eigenvalue weighted by molar-refractivity contribution is 7.13. The Labute approximate surface area is 145 Å². The van der Waals surface area contributed by atoms with E-state index in [1.165, 1.54) is 0 Å². The van der Waals surface area contributed by atoms with Gasteiger partial charge in [-0.1, -0.05) is 19.1 Å². The number of carbonyl (C=O) groups excluding carboxylic acids is 1. The van der Waals surface area contributed by atoms with Gasteiger partial charge >= 0.3 is 5.97 Å². The quantitative estimate of drug-likeness (QED) is 0.927. The summed E-state index contributed by atoms with van der Waals surface area (Å²) < 4.78 is 0. The van der Waals surface area contributed by atoms with E-state index < -0.39 is 11.9 Å². The summed E-state index contributed by atoms with van der Waals surface area (Å²) in [7, 11) is 0. The average Bonchev–Trinajstić information content (AvgIpc) is 3.00. The van der Waals surface area contributed by atoms with Crippen molar-refractivity contribution in [2.24, 2.45) is 11.8 Å². The predicted molar refractivity (Wildman–Crippen MR) is 93.1 cm³/mol. The van der Waals surface area contributed by atoms with Crippen LogP contribution >= 0.6 is 11.3 Å². The maximum absolute atomic E-state index is 12.8. The van der Waals surface area contributed by atoms with Gasteiger partial charge in [-0.2, -0.15) is 0 Å². The zero-order valence-electron chi connectivity index (χ0n) is 13.7. The fourth-order valence-electron chi connectivity index (χ4n) is 3.15. The number of rotatable bonds is 3. The Bertz CT molecular complexity index is 771. The molecular formula is C18H20N2O3S. The van der Waals surface area contributed by atoms with E-state index in [0.717, 1.165) is 16.3 Å². The summed E-state index contributed by atoms with van der Waals surface area (Å²) in [5, 5.41) is 12.1. The van der Waals surface area contributed by atoms with Crippen molar-refractivity contribution in [2.45, 2.75) is 20.3 Å². The number of aliphatic carboxylic acids is 1. The number of aryl methyl sites for hydroxylation is 1. The number of benzene rings is 1. The third-order valence-corrected chi connectivity index (χ3v) is 5.28. The van der Waals surface area contributed by atoms with Crippen LogP contribution in [-0.4, -0.2) is 40.0 Å². The molecule has 6 heteroatoms. The van der Waals surface area contributed by atoms with Crippen molar-refractivity contribution in [1.29, 1.82) is 0 Å². The van der Waals surface area contributed by atoms with Crippen molar-refractivity contribution in [1.82, 2.24) is 9.88 Å². The molecule has 0 spiro atoms. The van der Waals surface area contributed by atoms with Crippen LogP contribution in [0.4, 0.5) is 0 Å². The molecule has 24 heavy (non-hydrogen) atoms. The molecule has 0 radical (unpaired) electrons. The number of carboxylic acid groups (broad SMARTS) is 1. The number of thiazole rings is 1. The second kappa shape index (κ2) is 6.73. The van der Waals surface area contributed by atoms with Crippen molar-refractivity contribution in [2.75, 3.05) is 13.1 Å². The van der Waals surface area contributed by atoms with Gasteiger partial charge in [0, 0.05) is 35.3 Å². The highest BCUT2D eigenvalue weighted by Gasteiger charge is 2.32. The lowest BCUT2D eigenvalue weighted by atomic mass is 9.90. The Morgan fingerprint density at radius 3 is 2.79 bits per heavy atom. The van der Waals surface area contributed by atoms with Gasteiger partial charge in [-0.25, -0.2) is 4.98 Å². The zero-order chi connectivity index (χ0) is 17.3. The van der Waals surface area contributed by atoms with E-state index in [0.29, 0.717) is 18.5 Å². The van der Waals surface area contributed by atoms with Gasteiger partial charge in [0.05, 0.1) is 5.92 Å². The average molecular weight is 344 g/mol. The Balaban J connectivity index is 1.83. The Morgan fingerprint density at radius 2 is 2.12 bits per heavy atom. The minimum atomic E-state index is -0.827. The number of hydrogen-bond acceptors (Lipinski definition) is 4. The van der Waals surface area contributed by atoms with Gasteiger partial charge in [0.25, 0.3) is 5.91 Å². The Hall–Kier alpha value is -2.21. The van der Waals surface area contributed by atoms with Crippen LogP contribution in [0.1, 0.15) is 29.4 Å². The summed E-state index contributed by atoms with van der Waals surface area (Å²) in [4.78, 5) is 30.2. The van der Waals surface area contributed by atoms with E-state index in [1.54, 1.807) is 22.3 Å². The lowest BCUT2D eigenvalue weighted by Gasteiger charge is -2.34. The second-order valence-corrected chi connectivity index (χ2v) is 7.32. The summed E-state index contributed by atoms with van der Waals surface area (Å²) in [6, 6.07) is 7.41. The monoisotopic (exact) mass is 344 g/mol. The molecule has 1 fully saturated rings. The number of likely N-dealkylation sites (tertiary alicyclic amines) is 1. The van der Waals surface area contributed by atoms with Crippen LogP contribution < -0.4 is 0 Å². The van der Waals surface area contributed by atoms with Crippen molar-refractivity contribution >= 4 is 23.2 Å². The molecular weight excluding hydrogens is 324 g/mol. The van der Waals surface area contributed by atoms with Gasteiger partial charge in [0.2, 0.25) is 0 Å². The molecule has 1 aromatic heterocycles. The number of piperidine rings is 1. The van der Waals surface area contributed by atoms with Gasteiger partial charge < -0.3 is 10.0 Å². The normalized spacial score (nSPS) is 20.8. The maximum Gasteiger partial charge on any atom is 0.308 e. The van der Waals surface area contributed by atoms with Gasteiger partial charge in [-0.15, -0.1) is 11.3 Å². The van der Waals surface area contributed by atoms with Gasteiger partial charge in [0.1, 0.15) is 5.01 Å². The molecule has 1 aliphatic rings. The van der Waals surface area contributed by atoms with Crippen molar-refractivity contribution in [3.63, 3.8) is 0 Å².